The summed E-state index contributed by atoms with van der Waals surface area (Å²) in [5.74, 6) is -1.70. The summed E-state index contributed by atoms with van der Waals surface area (Å²) in [7, 11) is -8.83. The third-order valence-electron chi connectivity index (χ3n) is 19.2. The van der Waals surface area contributed by atoms with Crippen LogP contribution in [0.1, 0.15) is 364 Å². The molecule has 4 N–H and O–H groups in total. The Morgan fingerprint density at radius 1 is 0.370 bits per heavy atom. The second kappa shape index (κ2) is 73.0. The minimum Gasteiger partial charge on any atom is -0.462 e. The molecule has 23 nitrogen and oxygen atoms in total. The maximum absolute atomic E-state index is 14.3. The van der Waals surface area contributed by atoms with Gasteiger partial charge in [-0.2, -0.15) is 0 Å². The zero-order chi connectivity index (χ0) is 79.8. The zero-order valence-electron chi connectivity index (χ0n) is 69.5. The molecule has 0 rings (SSSR count). The smallest absolute Gasteiger partial charge is 0.462 e. The second-order valence-corrected chi connectivity index (χ2v) is 32.8. The van der Waals surface area contributed by atoms with Gasteiger partial charge in [-0.3, -0.25) is 55.9 Å². The number of nitrogens with one attached hydrogen (secondary N) is 4. The van der Waals surface area contributed by atoms with Crippen LogP contribution in [0.5, 0.6) is 0 Å². The molecule has 0 saturated heterocycles. The molecule has 0 aromatic heterocycles. The Balaban J connectivity index is 6.23. The molecule has 0 spiro atoms. The normalized spacial score (nSPS) is 13.6. The highest BCUT2D eigenvalue weighted by Crippen LogP contribution is 2.50. The number of rotatable bonds is 80. The van der Waals surface area contributed by atoms with Crippen molar-refractivity contribution in [2.45, 2.75) is 388 Å². The predicted octanol–water partition coefficient (Wildman–Crippen LogP) is 20.3. The van der Waals surface area contributed by atoms with Gasteiger partial charge in [0.2, 0.25) is 23.6 Å². The maximum Gasteiger partial charge on any atom is 0.475 e. The number of phosphoric ester groups is 2. The molecule has 25 heteroatoms. The van der Waals surface area contributed by atoms with Gasteiger partial charge in [0.25, 0.3) is 0 Å². The summed E-state index contributed by atoms with van der Waals surface area (Å²) < 4.78 is 74.7. The van der Waals surface area contributed by atoms with Gasteiger partial charge in [-0.25, -0.2) is 13.9 Å². The number of phosphoric acid groups is 2. The van der Waals surface area contributed by atoms with Crippen LogP contribution in [0, 0.1) is 0 Å². The SMILES string of the molecule is C=CCOP(=O)(OCCNC(=O)NCCOP(=O)(OCC=C)OC[C@@H](CN(CC[C@@H](CCCCCCC)OC(=O)CCCCCCCCCCC)C(C)=O)NC(=O)CCCCCCCCCCCCC)OC[C@@H](CN(CC[C@@H](CCCCCCC)OC(C)=O)C(C)=O)NC(=O)CCCCCCCCCCCCC. The zero-order valence-corrected chi connectivity index (χ0v) is 71.3. The largest absolute Gasteiger partial charge is 0.475 e. The number of hydrogen-bond acceptors (Lipinski definition) is 17. The standard InChI is InChI=1S/C83H158N6O17P2/c1-11-18-23-28-31-34-36-39-41-46-51-56-80(93)86-76(69-88(73(8)90)63-59-78(105-75(10)92)54-49-44-26-21-14-4)71-103-107(97,99-65-16-6)101-67-61-84-83(96)85-62-68-102-108(98,100-66-17-7)104-72-77(87-81(94)57-52-47-42-40-37-35-32-29-24-19-12-2)70-89(74(9)91)64-60-79(55-50-45-27-22-15-5)106-82(95)58-53-48-43-38-33-30-25-20-13-3/h16-17,76-79H,6-7,11-15,18-72H2,1-5,8-10H3,(H,86,93)(H,87,94)(H2,84,85,96)/t76-,77-,78-,79-,107?,108?/m1/s1. The molecule has 0 fully saturated rings. The Kier molecular flexibility index (Phi) is 70.2. The van der Waals surface area contributed by atoms with E-state index < -0.39 is 51.9 Å². The molecule has 6 atom stereocenters. The van der Waals surface area contributed by atoms with E-state index in [1.54, 1.807) is 9.80 Å². The number of nitrogens with zero attached hydrogens (tertiary/aromatic N) is 2. The van der Waals surface area contributed by atoms with E-state index in [1.807, 2.05) is 0 Å². The number of hydrogen-bond donors (Lipinski definition) is 4. The fourth-order valence-corrected chi connectivity index (χ4v) is 15.2. The lowest BCUT2D eigenvalue weighted by molar-refractivity contribution is -0.150. The van der Waals surface area contributed by atoms with Crippen molar-refractivity contribution in [3.05, 3.63) is 25.3 Å². The average Bonchev–Trinajstić information content (AvgIpc) is 0.879. The number of ether oxygens (including phenoxy) is 2. The van der Waals surface area contributed by atoms with Crippen LogP contribution >= 0.6 is 15.6 Å². The molecule has 0 aliphatic heterocycles. The van der Waals surface area contributed by atoms with Gasteiger partial charge in [-0.1, -0.05) is 278 Å². The van der Waals surface area contributed by atoms with E-state index in [0.29, 0.717) is 44.9 Å². The van der Waals surface area contributed by atoms with E-state index in [1.165, 1.54) is 161 Å². The van der Waals surface area contributed by atoms with Crippen LogP contribution < -0.4 is 21.3 Å². The molecule has 632 valence electrons. The van der Waals surface area contributed by atoms with Crippen molar-refractivity contribution in [1.82, 2.24) is 31.1 Å². The van der Waals surface area contributed by atoms with Gasteiger partial charge in [0.1, 0.15) is 12.2 Å². The van der Waals surface area contributed by atoms with Crippen LogP contribution in [0.4, 0.5) is 4.79 Å². The monoisotopic (exact) mass is 1570 g/mol. The summed E-state index contributed by atoms with van der Waals surface area (Å²) in [6.45, 7) is 20.7. The van der Waals surface area contributed by atoms with E-state index in [9.17, 15) is 42.7 Å². The van der Waals surface area contributed by atoms with Crippen LogP contribution in [0.15, 0.2) is 25.3 Å². The number of unbranched alkanes of at least 4 members (excludes halogenated alkanes) is 36. The highest BCUT2D eigenvalue weighted by atomic mass is 31.2. The summed E-state index contributed by atoms with van der Waals surface area (Å²) >= 11 is 0. The van der Waals surface area contributed by atoms with Crippen molar-refractivity contribution in [2.24, 2.45) is 0 Å². The Morgan fingerprint density at radius 2 is 0.667 bits per heavy atom. The third-order valence-corrected chi connectivity index (χ3v) is 22.0. The molecule has 0 aliphatic carbocycles. The fraction of sp³-hybridized carbons (Fsp3) is 0.867. The summed E-state index contributed by atoms with van der Waals surface area (Å²) in [6.07, 6.45) is 50.2. The molecule has 0 saturated carbocycles. The minimum absolute atomic E-state index is 0.0109. The summed E-state index contributed by atoms with van der Waals surface area (Å²) in [4.78, 5) is 95.7. The summed E-state index contributed by atoms with van der Waals surface area (Å²) in [5.41, 5.74) is 0. The van der Waals surface area contributed by atoms with Gasteiger partial charge < -0.3 is 40.5 Å². The number of carbonyl (C=O) groups is 7. The van der Waals surface area contributed by atoms with E-state index in [0.717, 1.165) is 122 Å². The first kappa shape index (κ1) is 104. The van der Waals surface area contributed by atoms with Gasteiger partial charge in [-0.15, -0.1) is 13.2 Å². The average molecular weight is 1570 g/mol. The van der Waals surface area contributed by atoms with Crippen molar-refractivity contribution >= 4 is 57.2 Å². The topological polar surface area (TPSA) is 282 Å². The first-order valence-corrected chi connectivity index (χ1v) is 45.9. The van der Waals surface area contributed by atoms with E-state index in [2.05, 4.69) is 69.0 Å². The van der Waals surface area contributed by atoms with Crippen molar-refractivity contribution in [3.8, 4) is 0 Å². The van der Waals surface area contributed by atoms with Crippen molar-refractivity contribution in [1.29, 1.82) is 0 Å². The van der Waals surface area contributed by atoms with Gasteiger partial charge in [0.15, 0.2) is 0 Å². The van der Waals surface area contributed by atoms with Crippen LogP contribution in [-0.4, -0.2) is 155 Å². The van der Waals surface area contributed by atoms with Crippen LogP contribution in [-0.2, 0) is 74.5 Å². The van der Waals surface area contributed by atoms with Gasteiger partial charge in [0, 0.05) is 92.1 Å². The summed E-state index contributed by atoms with van der Waals surface area (Å²) in [5, 5.41) is 11.2. The maximum atomic E-state index is 14.3. The molecular weight excluding hydrogens is 1410 g/mol. The quantitative estimate of drug-likeness (QED) is 0.0190. The molecule has 0 aromatic carbocycles. The highest BCUT2D eigenvalue weighted by Gasteiger charge is 2.32. The molecule has 0 aliphatic rings. The van der Waals surface area contributed by atoms with Crippen LogP contribution in [0.2, 0.25) is 0 Å². The van der Waals surface area contributed by atoms with Crippen molar-refractivity contribution in [2.75, 3.05) is 78.9 Å². The summed E-state index contributed by atoms with van der Waals surface area (Å²) in [6, 6.07) is -2.41. The predicted molar refractivity (Wildman–Crippen MR) is 437 cm³/mol. The number of amides is 6. The molecule has 0 radical (unpaired) electrons. The Labute approximate surface area is 656 Å². The number of carbonyl (C=O) groups excluding carboxylic acids is 7. The van der Waals surface area contributed by atoms with Gasteiger partial charge in [0.05, 0.1) is 51.7 Å². The van der Waals surface area contributed by atoms with E-state index in [4.69, 9.17) is 36.6 Å². The molecule has 6 amide bonds. The lowest BCUT2D eigenvalue weighted by Gasteiger charge is -2.29. The molecule has 0 bridgehead atoms. The first-order valence-electron chi connectivity index (χ1n) is 43.0. The molecule has 0 aromatic rings. The van der Waals surface area contributed by atoms with Gasteiger partial charge in [-0.05, 0) is 44.9 Å². The number of urea groups is 1. The molecule has 2 unspecified atom stereocenters. The Hall–Kier alpha value is -4.21. The van der Waals surface area contributed by atoms with Crippen molar-refractivity contribution < 1.29 is 79.3 Å². The number of esters is 2. The fourth-order valence-electron chi connectivity index (χ4n) is 12.8. The lowest BCUT2D eigenvalue weighted by atomic mass is 10.0. The van der Waals surface area contributed by atoms with Gasteiger partial charge >= 0.3 is 33.6 Å². The van der Waals surface area contributed by atoms with Crippen LogP contribution in [0.3, 0.4) is 0 Å². The van der Waals surface area contributed by atoms with Crippen molar-refractivity contribution in [3.63, 3.8) is 0 Å². The van der Waals surface area contributed by atoms with E-state index in [-0.39, 0.29) is 121 Å². The third kappa shape index (κ3) is 64.3. The van der Waals surface area contributed by atoms with E-state index >= 15 is 0 Å². The molecule has 108 heavy (non-hydrogen) atoms. The highest BCUT2D eigenvalue weighted by molar-refractivity contribution is 7.48. The Bertz CT molecular complexity index is 2380. The Morgan fingerprint density at radius 3 is 0.972 bits per heavy atom. The van der Waals surface area contributed by atoms with Crippen LogP contribution in [0.25, 0.3) is 0 Å². The molecule has 0 heterocycles. The minimum atomic E-state index is -4.42. The molecular formula is C83H158N6O17P2. The second-order valence-electron chi connectivity index (χ2n) is 29.4. The lowest BCUT2D eigenvalue weighted by Crippen LogP contribution is -2.48. The first-order chi connectivity index (χ1) is 52.2.